The molecule has 0 saturated heterocycles. The van der Waals surface area contributed by atoms with E-state index in [2.05, 4.69) is 17.4 Å². The van der Waals surface area contributed by atoms with Gasteiger partial charge in [-0.2, -0.15) is 0 Å². The zero-order valence-corrected chi connectivity index (χ0v) is 14.1. The van der Waals surface area contributed by atoms with Crippen molar-refractivity contribution < 1.29 is 14.0 Å². The number of halogens is 1. The van der Waals surface area contributed by atoms with Crippen molar-refractivity contribution in [2.75, 3.05) is 6.54 Å². The van der Waals surface area contributed by atoms with Crippen molar-refractivity contribution in [1.29, 1.82) is 0 Å². The van der Waals surface area contributed by atoms with Crippen LogP contribution in [0.4, 0.5) is 4.39 Å². The van der Waals surface area contributed by atoms with Crippen LogP contribution in [0.1, 0.15) is 30.4 Å². The summed E-state index contributed by atoms with van der Waals surface area (Å²) in [6.45, 7) is 2.62. The Hall–Kier alpha value is -2.69. The van der Waals surface area contributed by atoms with Gasteiger partial charge in [0.15, 0.2) is 0 Å². The second-order valence-electron chi connectivity index (χ2n) is 6.32. The van der Waals surface area contributed by atoms with Crippen molar-refractivity contribution in [3.8, 4) is 0 Å². The van der Waals surface area contributed by atoms with E-state index >= 15 is 0 Å². The van der Waals surface area contributed by atoms with Crippen molar-refractivity contribution in [2.45, 2.75) is 31.8 Å². The SMILES string of the molecule is C[C@H](CNC(=O)[C@H]1CC(Cc2ccc(F)cc2)=NO1)c1ccccc1. The molecular formula is C20H21FN2O2. The fourth-order valence-corrected chi connectivity index (χ4v) is 2.78. The van der Waals surface area contributed by atoms with Crippen LogP contribution in [0.2, 0.25) is 0 Å². The fourth-order valence-electron chi connectivity index (χ4n) is 2.78. The minimum atomic E-state index is -0.585. The van der Waals surface area contributed by atoms with E-state index in [9.17, 15) is 9.18 Å². The summed E-state index contributed by atoms with van der Waals surface area (Å²) in [6, 6.07) is 16.3. The highest BCUT2D eigenvalue weighted by atomic mass is 19.1. The Morgan fingerprint density at radius 1 is 1.24 bits per heavy atom. The lowest BCUT2D eigenvalue weighted by Gasteiger charge is -2.14. The second-order valence-corrected chi connectivity index (χ2v) is 6.32. The minimum absolute atomic E-state index is 0.152. The van der Waals surface area contributed by atoms with Crippen LogP contribution in [-0.2, 0) is 16.1 Å². The Balaban J connectivity index is 1.46. The molecule has 0 saturated carbocycles. The highest BCUT2D eigenvalue weighted by Gasteiger charge is 2.28. The Kier molecular flexibility index (Phi) is 5.43. The van der Waals surface area contributed by atoms with Gasteiger partial charge in [-0.05, 0) is 29.2 Å². The highest BCUT2D eigenvalue weighted by molar-refractivity contribution is 5.93. The van der Waals surface area contributed by atoms with Gasteiger partial charge in [-0.25, -0.2) is 4.39 Å². The monoisotopic (exact) mass is 340 g/mol. The van der Waals surface area contributed by atoms with Gasteiger partial charge in [0.05, 0.1) is 5.71 Å². The van der Waals surface area contributed by atoms with Gasteiger partial charge in [0.25, 0.3) is 5.91 Å². The van der Waals surface area contributed by atoms with Gasteiger partial charge >= 0.3 is 0 Å². The van der Waals surface area contributed by atoms with Gasteiger partial charge in [0.2, 0.25) is 6.10 Å². The van der Waals surface area contributed by atoms with E-state index in [0.717, 1.165) is 11.3 Å². The number of benzene rings is 2. The van der Waals surface area contributed by atoms with E-state index < -0.39 is 6.10 Å². The van der Waals surface area contributed by atoms with Crippen LogP contribution in [0, 0.1) is 5.82 Å². The molecule has 0 spiro atoms. The number of amides is 1. The predicted octanol–water partition coefficient (Wildman–Crippen LogP) is 3.43. The minimum Gasteiger partial charge on any atom is -0.382 e. The maximum absolute atomic E-state index is 12.9. The first-order valence-corrected chi connectivity index (χ1v) is 8.40. The average molecular weight is 340 g/mol. The molecule has 5 heteroatoms. The van der Waals surface area contributed by atoms with Crippen molar-refractivity contribution in [3.63, 3.8) is 0 Å². The van der Waals surface area contributed by atoms with Crippen LogP contribution < -0.4 is 5.32 Å². The molecule has 25 heavy (non-hydrogen) atoms. The molecule has 2 atom stereocenters. The molecule has 4 nitrogen and oxygen atoms in total. The van der Waals surface area contributed by atoms with E-state index in [-0.39, 0.29) is 17.6 Å². The topological polar surface area (TPSA) is 50.7 Å². The Morgan fingerprint density at radius 3 is 2.68 bits per heavy atom. The third-order valence-electron chi connectivity index (χ3n) is 4.30. The average Bonchev–Trinajstić information content (AvgIpc) is 3.10. The van der Waals surface area contributed by atoms with Crippen LogP contribution in [0.5, 0.6) is 0 Å². The van der Waals surface area contributed by atoms with Crippen molar-refractivity contribution in [1.82, 2.24) is 5.32 Å². The first-order chi connectivity index (χ1) is 12.1. The molecule has 130 valence electrons. The Labute approximate surface area is 146 Å². The molecule has 1 aliphatic rings. The zero-order valence-electron chi connectivity index (χ0n) is 14.1. The second kappa shape index (κ2) is 7.92. The number of rotatable bonds is 6. The van der Waals surface area contributed by atoms with Gasteiger partial charge in [0, 0.05) is 19.4 Å². The van der Waals surface area contributed by atoms with Gasteiger partial charge in [-0.15, -0.1) is 0 Å². The molecular weight excluding hydrogens is 319 g/mol. The molecule has 2 aromatic rings. The van der Waals surface area contributed by atoms with Crippen LogP contribution in [0.15, 0.2) is 59.8 Å². The quantitative estimate of drug-likeness (QED) is 0.876. The number of nitrogens with one attached hydrogen (secondary N) is 1. The molecule has 1 amide bonds. The number of carbonyl (C=O) groups excluding carboxylic acids is 1. The van der Waals surface area contributed by atoms with Crippen LogP contribution >= 0.6 is 0 Å². The molecule has 0 aliphatic carbocycles. The molecule has 0 fully saturated rings. The zero-order chi connectivity index (χ0) is 17.6. The van der Waals surface area contributed by atoms with Crippen molar-refractivity contribution in [3.05, 3.63) is 71.5 Å². The number of oxime groups is 1. The molecule has 1 heterocycles. The highest BCUT2D eigenvalue weighted by Crippen LogP contribution is 2.16. The molecule has 1 N–H and O–H groups in total. The summed E-state index contributed by atoms with van der Waals surface area (Å²) in [5.74, 6) is -0.190. The number of carbonyl (C=O) groups is 1. The Morgan fingerprint density at radius 2 is 1.96 bits per heavy atom. The number of nitrogens with zero attached hydrogens (tertiary/aromatic N) is 1. The van der Waals surface area contributed by atoms with E-state index in [0.29, 0.717) is 19.4 Å². The lowest BCUT2D eigenvalue weighted by molar-refractivity contribution is -0.131. The summed E-state index contributed by atoms with van der Waals surface area (Å²) in [5, 5.41) is 6.93. The largest absolute Gasteiger partial charge is 0.382 e. The first-order valence-electron chi connectivity index (χ1n) is 8.40. The van der Waals surface area contributed by atoms with Crippen LogP contribution in [0.3, 0.4) is 0 Å². The van der Waals surface area contributed by atoms with E-state index in [1.807, 2.05) is 30.3 Å². The maximum Gasteiger partial charge on any atom is 0.264 e. The first kappa shape index (κ1) is 17.1. The third-order valence-corrected chi connectivity index (χ3v) is 4.30. The Bertz CT molecular complexity index is 744. The van der Waals surface area contributed by atoms with Crippen LogP contribution in [-0.4, -0.2) is 24.3 Å². The standard InChI is InChI=1S/C20H21FN2O2/c1-14(16-5-3-2-4-6-16)13-22-20(24)19-12-18(23-25-19)11-15-7-9-17(21)10-8-15/h2-10,14,19H,11-13H2,1H3,(H,22,24)/t14-,19-/m1/s1. The lowest BCUT2D eigenvalue weighted by Crippen LogP contribution is -2.36. The van der Waals surface area contributed by atoms with Gasteiger partial charge < -0.3 is 10.2 Å². The summed E-state index contributed by atoms with van der Waals surface area (Å²) in [6.07, 6.45) is 0.436. The maximum atomic E-state index is 12.9. The third kappa shape index (κ3) is 4.66. The molecule has 0 aromatic heterocycles. The van der Waals surface area contributed by atoms with Crippen molar-refractivity contribution in [2.24, 2.45) is 5.16 Å². The number of hydrogen-bond acceptors (Lipinski definition) is 3. The van der Waals surface area contributed by atoms with E-state index in [4.69, 9.17) is 4.84 Å². The van der Waals surface area contributed by atoms with E-state index in [1.54, 1.807) is 12.1 Å². The lowest BCUT2D eigenvalue weighted by atomic mass is 10.0. The molecule has 0 radical (unpaired) electrons. The fraction of sp³-hybridized carbons (Fsp3) is 0.300. The summed E-state index contributed by atoms with van der Waals surface area (Å²) < 4.78 is 12.9. The summed E-state index contributed by atoms with van der Waals surface area (Å²) in [4.78, 5) is 17.5. The van der Waals surface area contributed by atoms with E-state index in [1.165, 1.54) is 17.7 Å². The summed E-state index contributed by atoms with van der Waals surface area (Å²) >= 11 is 0. The summed E-state index contributed by atoms with van der Waals surface area (Å²) in [5.41, 5.74) is 2.92. The van der Waals surface area contributed by atoms with Crippen molar-refractivity contribution >= 4 is 11.6 Å². The molecule has 0 bridgehead atoms. The van der Waals surface area contributed by atoms with Crippen LogP contribution in [0.25, 0.3) is 0 Å². The molecule has 1 aliphatic heterocycles. The normalized spacial score (nSPS) is 17.5. The summed E-state index contributed by atoms with van der Waals surface area (Å²) in [7, 11) is 0. The number of hydrogen-bond donors (Lipinski definition) is 1. The molecule has 0 unspecified atom stereocenters. The van der Waals surface area contributed by atoms with Gasteiger partial charge in [-0.3, -0.25) is 4.79 Å². The van der Waals surface area contributed by atoms with Gasteiger partial charge in [-0.1, -0.05) is 54.5 Å². The predicted molar refractivity (Wildman–Crippen MR) is 94.9 cm³/mol. The van der Waals surface area contributed by atoms with Gasteiger partial charge in [0.1, 0.15) is 5.82 Å². The molecule has 3 rings (SSSR count). The molecule has 2 aromatic carbocycles. The smallest absolute Gasteiger partial charge is 0.264 e.